The molecule has 0 saturated heterocycles. The van der Waals surface area contributed by atoms with Gasteiger partial charge in [-0.15, -0.1) is 0 Å². The van der Waals surface area contributed by atoms with Gasteiger partial charge in [-0.1, -0.05) is 6.07 Å². The SMILES string of the molecule is CCNc1cncc(N(CCC#N)Cc2cccnc2)c1. The molecule has 0 radical (unpaired) electrons. The second kappa shape index (κ2) is 7.85. The molecule has 2 rings (SSSR count). The van der Waals surface area contributed by atoms with Gasteiger partial charge in [0.1, 0.15) is 0 Å². The second-order valence-corrected chi connectivity index (χ2v) is 4.65. The topological polar surface area (TPSA) is 64.8 Å². The molecule has 108 valence electrons. The minimum Gasteiger partial charge on any atom is -0.384 e. The van der Waals surface area contributed by atoms with E-state index in [1.807, 2.05) is 24.5 Å². The lowest BCUT2D eigenvalue weighted by molar-refractivity contribution is 0.793. The van der Waals surface area contributed by atoms with Crippen LogP contribution in [0.25, 0.3) is 0 Å². The molecule has 2 aromatic heterocycles. The lowest BCUT2D eigenvalue weighted by atomic mass is 10.2. The zero-order valence-electron chi connectivity index (χ0n) is 12.2. The molecule has 5 heteroatoms. The number of nitrogens with zero attached hydrogens (tertiary/aromatic N) is 4. The van der Waals surface area contributed by atoms with Crippen LogP contribution in [-0.4, -0.2) is 23.1 Å². The second-order valence-electron chi connectivity index (χ2n) is 4.65. The van der Waals surface area contributed by atoms with Crippen LogP contribution in [0.5, 0.6) is 0 Å². The minimum absolute atomic E-state index is 0.478. The molecule has 0 amide bonds. The number of anilines is 2. The fourth-order valence-electron chi connectivity index (χ4n) is 2.10. The van der Waals surface area contributed by atoms with Gasteiger partial charge in [0.2, 0.25) is 0 Å². The Balaban J connectivity index is 2.19. The number of nitriles is 1. The summed E-state index contributed by atoms with van der Waals surface area (Å²) in [6.45, 7) is 4.29. The zero-order valence-corrected chi connectivity index (χ0v) is 12.2. The molecule has 0 fully saturated rings. The largest absolute Gasteiger partial charge is 0.384 e. The Kier molecular flexibility index (Phi) is 5.53. The molecule has 0 saturated carbocycles. The monoisotopic (exact) mass is 281 g/mol. The molecule has 0 spiro atoms. The van der Waals surface area contributed by atoms with Gasteiger partial charge in [-0.05, 0) is 24.6 Å². The Bertz CT molecular complexity index is 591. The van der Waals surface area contributed by atoms with Gasteiger partial charge in [-0.25, -0.2) is 0 Å². The predicted molar refractivity (Wildman–Crippen MR) is 83.9 cm³/mol. The van der Waals surface area contributed by atoms with Crippen molar-refractivity contribution in [1.29, 1.82) is 5.26 Å². The Hall–Kier alpha value is -2.61. The molecular formula is C16H19N5. The summed E-state index contributed by atoms with van der Waals surface area (Å²) in [5.41, 5.74) is 3.11. The molecule has 0 aliphatic rings. The molecule has 0 aromatic carbocycles. The molecule has 0 atom stereocenters. The van der Waals surface area contributed by atoms with E-state index in [9.17, 15) is 0 Å². The van der Waals surface area contributed by atoms with Crippen LogP contribution in [0.3, 0.4) is 0 Å². The van der Waals surface area contributed by atoms with E-state index in [2.05, 4.69) is 39.2 Å². The number of pyridine rings is 2. The lowest BCUT2D eigenvalue weighted by Crippen LogP contribution is -2.24. The van der Waals surface area contributed by atoms with Gasteiger partial charge < -0.3 is 10.2 Å². The van der Waals surface area contributed by atoms with Crippen LogP contribution in [0.4, 0.5) is 11.4 Å². The first-order valence-corrected chi connectivity index (χ1v) is 7.03. The summed E-state index contributed by atoms with van der Waals surface area (Å²) < 4.78 is 0. The first-order valence-electron chi connectivity index (χ1n) is 7.03. The highest BCUT2D eigenvalue weighted by atomic mass is 15.1. The summed E-state index contributed by atoms with van der Waals surface area (Å²) in [7, 11) is 0. The summed E-state index contributed by atoms with van der Waals surface area (Å²) in [6.07, 6.45) is 7.72. The third-order valence-electron chi connectivity index (χ3n) is 3.06. The van der Waals surface area contributed by atoms with Crippen molar-refractivity contribution >= 4 is 11.4 Å². The highest BCUT2D eigenvalue weighted by Crippen LogP contribution is 2.20. The number of aromatic nitrogens is 2. The summed E-state index contributed by atoms with van der Waals surface area (Å²) in [5.74, 6) is 0. The van der Waals surface area contributed by atoms with Crippen molar-refractivity contribution in [2.24, 2.45) is 0 Å². The standard InChI is InChI=1S/C16H19N5/c1-2-20-15-9-16(12-19-11-15)21(8-4-6-17)13-14-5-3-7-18-10-14/h3,5,7,9-12,20H,2,4,8,13H2,1H3. The third-order valence-corrected chi connectivity index (χ3v) is 3.06. The molecule has 0 aliphatic carbocycles. The zero-order chi connectivity index (χ0) is 14.9. The van der Waals surface area contributed by atoms with Gasteiger partial charge in [0.15, 0.2) is 0 Å². The fraction of sp³-hybridized carbons (Fsp3) is 0.312. The van der Waals surface area contributed by atoms with E-state index in [1.54, 1.807) is 12.4 Å². The number of hydrogen-bond donors (Lipinski definition) is 1. The molecule has 5 nitrogen and oxygen atoms in total. The van der Waals surface area contributed by atoms with Gasteiger partial charge in [0, 0.05) is 32.0 Å². The van der Waals surface area contributed by atoms with Crippen LogP contribution in [0.2, 0.25) is 0 Å². The molecular weight excluding hydrogens is 262 g/mol. The van der Waals surface area contributed by atoms with Crippen molar-refractivity contribution in [3.63, 3.8) is 0 Å². The Morgan fingerprint density at radius 3 is 2.90 bits per heavy atom. The molecule has 0 unspecified atom stereocenters. The summed E-state index contributed by atoms with van der Waals surface area (Å²) in [4.78, 5) is 10.6. The summed E-state index contributed by atoms with van der Waals surface area (Å²) in [6, 6.07) is 8.22. The van der Waals surface area contributed by atoms with E-state index in [0.717, 1.165) is 23.5 Å². The number of rotatable bonds is 7. The number of nitrogens with one attached hydrogen (secondary N) is 1. The van der Waals surface area contributed by atoms with E-state index in [4.69, 9.17) is 5.26 Å². The summed E-state index contributed by atoms with van der Waals surface area (Å²) in [5, 5.41) is 12.1. The molecule has 0 bridgehead atoms. The van der Waals surface area contributed by atoms with Crippen LogP contribution < -0.4 is 10.2 Å². The normalized spacial score (nSPS) is 9.90. The van der Waals surface area contributed by atoms with Crippen molar-refractivity contribution in [1.82, 2.24) is 9.97 Å². The summed E-state index contributed by atoms with van der Waals surface area (Å²) >= 11 is 0. The predicted octanol–water partition coefficient (Wildman–Crippen LogP) is 2.83. The van der Waals surface area contributed by atoms with E-state index in [-0.39, 0.29) is 0 Å². The van der Waals surface area contributed by atoms with Crippen molar-refractivity contribution in [2.75, 3.05) is 23.3 Å². The van der Waals surface area contributed by atoms with Crippen molar-refractivity contribution < 1.29 is 0 Å². The third kappa shape index (κ3) is 4.46. The fourth-order valence-corrected chi connectivity index (χ4v) is 2.10. The highest BCUT2D eigenvalue weighted by Gasteiger charge is 2.08. The van der Waals surface area contributed by atoms with Crippen molar-refractivity contribution in [2.45, 2.75) is 19.9 Å². The Labute approximate surface area is 125 Å². The Morgan fingerprint density at radius 2 is 2.19 bits per heavy atom. The maximum Gasteiger partial charge on any atom is 0.0640 e. The molecule has 2 heterocycles. The van der Waals surface area contributed by atoms with E-state index >= 15 is 0 Å². The maximum absolute atomic E-state index is 8.85. The first kappa shape index (κ1) is 14.8. The quantitative estimate of drug-likeness (QED) is 0.845. The smallest absolute Gasteiger partial charge is 0.0640 e. The van der Waals surface area contributed by atoms with Gasteiger partial charge in [-0.3, -0.25) is 9.97 Å². The van der Waals surface area contributed by atoms with Crippen LogP contribution in [0, 0.1) is 11.3 Å². The minimum atomic E-state index is 0.478. The van der Waals surface area contributed by atoms with Gasteiger partial charge in [-0.2, -0.15) is 5.26 Å². The van der Waals surface area contributed by atoms with Crippen molar-refractivity contribution in [3.8, 4) is 6.07 Å². The molecule has 2 aromatic rings. The lowest BCUT2D eigenvalue weighted by Gasteiger charge is -2.24. The Morgan fingerprint density at radius 1 is 1.29 bits per heavy atom. The van der Waals surface area contributed by atoms with Crippen molar-refractivity contribution in [3.05, 3.63) is 48.5 Å². The average Bonchev–Trinajstić information content (AvgIpc) is 2.53. The van der Waals surface area contributed by atoms with E-state index < -0.39 is 0 Å². The van der Waals surface area contributed by atoms with E-state index in [1.165, 1.54) is 0 Å². The first-order chi connectivity index (χ1) is 10.3. The van der Waals surface area contributed by atoms with Crippen LogP contribution in [-0.2, 0) is 6.54 Å². The number of hydrogen-bond acceptors (Lipinski definition) is 5. The van der Waals surface area contributed by atoms with Gasteiger partial charge in [0.05, 0.1) is 36.3 Å². The molecule has 21 heavy (non-hydrogen) atoms. The maximum atomic E-state index is 8.85. The average molecular weight is 281 g/mol. The van der Waals surface area contributed by atoms with Crippen LogP contribution >= 0.6 is 0 Å². The van der Waals surface area contributed by atoms with Crippen LogP contribution in [0.1, 0.15) is 18.9 Å². The van der Waals surface area contributed by atoms with Gasteiger partial charge >= 0.3 is 0 Å². The van der Waals surface area contributed by atoms with E-state index in [0.29, 0.717) is 19.5 Å². The van der Waals surface area contributed by atoms with Crippen LogP contribution in [0.15, 0.2) is 43.0 Å². The highest BCUT2D eigenvalue weighted by molar-refractivity contribution is 5.55. The van der Waals surface area contributed by atoms with Gasteiger partial charge in [0.25, 0.3) is 0 Å². The molecule has 0 aliphatic heterocycles. The molecule has 1 N–H and O–H groups in total.